The van der Waals surface area contributed by atoms with Gasteiger partial charge in [0.2, 0.25) is 0 Å². The Morgan fingerprint density at radius 2 is 1.10 bits per heavy atom. The van der Waals surface area contributed by atoms with Gasteiger partial charge in [-0.15, -0.1) is 0 Å². The summed E-state index contributed by atoms with van der Waals surface area (Å²) in [6, 6.07) is 0. The third-order valence-electron chi connectivity index (χ3n) is 4.64. The predicted molar refractivity (Wildman–Crippen MR) is 134 cm³/mol. The van der Waals surface area contributed by atoms with Crippen LogP contribution in [0.2, 0.25) is 8.87 Å². The molecule has 0 aromatic heterocycles. The molecule has 0 heterocycles. The number of thioether (sulfide) groups is 2. The zero-order chi connectivity index (χ0) is 23.2. The van der Waals surface area contributed by atoms with E-state index in [4.69, 9.17) is 15.6 Å². The van der Waals surface area contributed by atoms with Crippen LogP contribution in [0.5, 0.6) is 0 Å². The molecule has 0 saturated heterocycles. The summed E-state index contributed by atoms with van der Waals surface area (Å²) in [6.07, 6.45) is 7.91. The van der Waals surface area contributed by atoms with Gasteiger partial charge in [0.05, 0.1) is 0 Å². The van der Waals surface area contributed by atoms with Gasteiger partial charge < -0.3 is 0 Å². The van der Waals surface area contributed by atoms with Crippen LogP contribution in [0, 0.1) is 0 Å². The summed E-state index contributed by atoms with van der Waals surface area (Å²) in [5, 5.41) is 0. The zero-order valence-electron chi connectivity index (χ0n) is 20.1. The van der Waals surface area contributed by atoms with E-state index in [1.165, 1.54) is 0 Å². The Labute approximate surface area is 203 Å². The molecular weight excluding hydrogens is 543 g/mol. The van der Waals surface area contributed by atoms with Crippen LogP contribution in [0.3, 0.4) is 0 Å². The molecule has 0 saturated carbocycles. The normalized spacial score (nSPS) is 11.5. The van der Waals surface area contributed by atoms with Gasteiger partial charge in [0.25, 0.3) is 0 Å². The molecular formula is C22H44O6S2Sn. The van der Waals surface area contributed by atoms with Crippen LogP contribution in [0.25, 0.3) is 0 Å². The van der Waals surface area contributed by atoms with E-state index in [1.807, 2.05) is 0 Å². The van der Waals surface area contributed by atoms with Crippen LogP contribution < -0.4 is 0 Å². The molecule has 9 heteroatoms. The summed E-state index contributed by atoms with van der Waals surface area (Å²) in [5.74, 6) is 2.06. The van der Waals surface area contributed by atoms with Crippen molar-refractivity contribution in [3.63, 3.8) is 0 Å². The van der Waals surface area contributed by atoms with Gasteiger partial charge in [-0.25, -0.2) is 0 Å². The summed E-state index contributed by atoms with van der Waals surface area (Å²) in [5.41, 5.74) is 0. The predicted octanol–water partition coefficient (Wildman–Crippen LogP) is 5.43. The first-order valence-corrected chi connectivity index (χ1v) is 20.3. The molecule has 31 heavy (non-hydrogen) atoms. The van der Waals surface area contributed by atoms with Gasteiger partial charge in [0, 0.05) is 0 Å². The summed E-state index contributed by atoms with van der Waals surface area (Å²) in [4.78, 5) is 25.2. The van der Waals surface area contributed by atoms with Crippen molar-refractivity contribution < 1.29 is 25.2 Å². The molecule has 0 aromatic carbocycles. The van der Waals surface area contributed by atoms with Crippen LogP contribution in [-0.4, -0.2) is 81.6 Å². The summed E-state index contributed by atoms with van der Waals surface area (Å²) < 4.78 is 23.7. The number of ether oxygens (including phenoxy) is 2. The maximum absolute atomic E-state index is 12.6. The molecule has 0 N–H and O–H groups in total. The van der Waals surface area contributed by atoms with E-state index >= 15 is 0 Å². The summed E-state index contributed by atoms with van der Waals surface area (Å²) in [7, 11) is 3.40. The Balaban J connectivity index is 4.71. The first-order valence-electron chi connectivity index (χ1n) is 11.6. The molecule has 0 fully saturated rings. The third kappa shape index (κ3) is 18.5. The molecule has 6 nitrogen and oxygen atoms in total. The Morgan fingerprint density at radius 1 is 0.677 bits per heavy atom. The second kappa shape index (κ2) is 22.2. The van der Waals surface area contributed by atoms with Crippen LogP contribution in [-0.2, 0) is 25.2 Å². The van der Waals surface area contributed by atoms with Crippen molar-refractivity contribution in [1.82, 2.24) is 0 Å². The second-order valence-electron chi connectivity index (χ2n) is 7.57. The van der Waals surface area contributed by atoms with Crippen LogP contribution in [0.15, 0.2) is 0 Å². The zero-order valence-corrected chi connectivity index (χ0v) is 24.6. The van der Waals surface area contributed by atoms with E-state index in [0.717, 1.165) is 85.0 Å². The van der Waals surface area contributed by atoms with E-state index < -0.39 is 19.2 Å². The molecule has 0 bridgehead atoms. The van der Waals surface area contributed by atoms with Crippen molar-refractivity contribution in [2.45, 2.75) is 74.1 Å². The second-order valence-corrected chi connectivity index (χ2v) is 19.0. The van der Waals surface area contributed by atoms with Gasteiger partial charge in [0.15, 0.2) is 0 Å². The summed E-state index contributed by atoms with van der Waals surface area (Å²) >= 11 is -0.611. The standard InChI is InChI=1S/2C7H14O3S.2C4H9.Sn/c2*1-10-4-2-3-5-11-6-7(8)9;2*1-3-4-2;/h2*2-6H2,1H3,(H,8,9);2*1,3-4H2,2H3;/q;;;;+2/p-2. The molecule has 0 aromatic rings. The molecule has 0 spiro atoms. The van der Waals surface area contributed by atoms with Crippen molar-refractivity contribution in [2.24, 2.45) is 0 Å². The minimum atomic E-state index is -3.79. The topological polar surface area (TPSA) is 71.1 Å². The average Bonchev–Trinajstić information content (AvgIpc) is 2.75. The van der Waals surface area contributed by atoms with E-state index in [-0.39, 0.29) is 11.9 Å². The van der Waals surface area contributed by atoms with Crippen LogP contribution >= 0.6 is 23.5 Å². The molecule has 0 aliphatic heterocycles. The Kier molecular flexibility index (Phi) is 22.4. The van der Waals surface area contributed by atoms with Gasteiger partial charge in [-0.05, 0) is 0 Å². The molecule has 0 amide bonds. The number of hydrogen-bond donors (Lipinski definition) is 0. The fourth-order valence-corrected chi connectivity index (χ4v) is 15.0. The van der Waals surface area contributed by atoms with E-state index in [2.05, 4.69) is 13.8 Å². The SMILES string of the molecule is CCC[CH2][Sn]([CH2]CCC)([O]C(=O)CSCCCCOC)[O]C(=O)CSCCCCOC. The quantitative estimate of drug-likeness (QED) is 0.123. The van der Waals surface area contributed by atoms with Crippen molar-refractivity contribution in [3.8, 4) is 0 Å². The van der Waals surface area contributed by atoms with Crippen molar-refractivity contribution in [1.29, 1.82) is 0 Å². The molecule has 0 aliphatic rings. The Morgan fingerprint density at radius 3 is 1.45 bits per heavy atom. The monoisotopic (exact) mass is 588 g/mol. The fourth-order valence-electron chi connectivity index (χ4n) is 2.93. The summed E-state index contributed by atoms with van der Waals surface area (Å²) in [6.45, 7) is 5.73. The van der Waals surface area contributed by atoms with E-state index in [9.17, 15) is 9.59 Å². The van der Waals surface area contributed by atoms with Gasteiger partial charge in [-0.1, -0.05) is 0 Å². The molecule has 0 aliphatic carbocycles. The van der Waals surface area contributed by atoms with E-state index in [1.54, 1.807) is 37.7 Å². The molecule has 0 rings (SSSR count). The molecule has 0 radical (unpaired) electrons. The molecule has 184 valence electrons. The van der Waals surface area contributed by atoms with Gasteiger partial charge in [0.1, 0.15) is 0 Å². The van der Waals surface area contributed by atoms with Gasteiger partial charge in [-0.2, -0.15) is 0 Å². The number of methoxy groups -OCH3 is 2. The average molecular weight is 587 g/mol. The number of unbranched alkanes of at least 4 members (excludes halogenated alkanes) is 4. The van der Waals surface area contributed by atoms with Crippen molar-refractivity contribution in [2.75, 3.05) is 50.4 Å². The van der Waals surface area contributed by atoms with Gasteiger partial charge >= 0.3 is 204 Å². The Bertz CT molecular complexity index is 414. The molecule has 0 unspecified atom stereocenters. The minimum absolute atomic E-state index is 0.209. The van der Waals surface area contributed by atoms with Crippen molar-refractivity contribution in [3.05, 3.63) is 0 Å². The van der Waals surface area contributed by atoms with Gasteiger partial charge in [-0.3, -0.25) is 0 Å². The number of carbonyl (C=O) groups is 2. The fraction of sp³-hybridized carbons (Fsp3) is 0.909. The maximum atomic E-state index is 12.6. The van der Waals surface area contributed by atoms with E-state index in [0.29, 0.717) is 11.5 Å². The molecule has 0 atom stereocenters. The third-order valence-corrected chi connectivity index (χ3v) is 16.5. The van der Waals surface area contributed by atoms with Crippen molar-refractivity contribution >= 4 is 54.7 Å². The first kappa shape index (κ1) is 31.4. The number of rotatable bonds is 22. The number of carbonyl (C=O) groups excluding carboxylic acids is 2. The van der Waals surface area contributed by atoms with Crippen LogP contribution in [0.1, 0.15) is 65.2 Å². The van der Waals surface area contributed by atoms with Crippen LogP contribution in [0.4, 0.5) is 0 Å². The number of hydrogen-bond acceptors (Lipinski definition) is 8. The Hall–Kier alpha value is 0.359. The first-order chi connectivity index (χ1) is 15.0.